The van der Waals surface area contributed by atoms with Crippen molar-refractivity contribution in [2.24, 2.45) is 0 Å². The highest BCUT2D eigenvalue weighted by Gasteiger charge is 2.20. The third-order valence-electron chi connectivity index (χ3n) is 6.51. The maximum Gasteiger partial charge on any atom is 0.359 e. The fourth-order valence-electron chi connectivity index (χ4n) is 4.50. The van der Waals surface area contributed by atoms with Gasteiger partial charge in [0.25, 0.3) is 0 Å². The quantitative estimate of drug-likeness (QED) is 0.0811. The molecule has 2 aromatic heterocycles. The maximum absolute atomic E-state index is 11.9. The molecule has 0 amide bonds. The Morgan fingerprint density at radius 3 is 1.72 bits per heavy atom. The van der Waals surface area contributed by atoms with E-state index in [1.807, 2.05) is 48.5 Å². The summed E-state index contributed by atoms with van der Waals surface area (Å²) in [6.07, 6.45) is 0.733. The number of fused-ring (bicyclic) bond motifs is 2. The number of rotatable bonds is 5. The second-order valence-electron chi connectivity index (χ2n) is 9.29. The average Bonchev–Trinajstić information content (AvgIpc) is 3.67. The van der Waals surface area contributed by atoms with Crippen LogP contribution in [0.15, 0.2) is 93.9 Å². The molecule has 47 heavy (non-hydrogen) atoms. The van der Waals surface area contributed by atoms with Gasteiger partial charge in [-0.15, -0.1) is 5.00 Å². The van der Waals surface area contributed by atoms with Crippen molar-refractivity contribution in [2.45, 2.75) is 0 Å². The predicted octanol–water partition coefficient (Wildman–Crippen LogP) is 6.95. The topological polar surface area (TPSA) is 161 Å². The van der Waals surface area contributed by atoms with Crippen LogP contribution in [0.4, 0.5) is 0 Å². The summed E-state index contributed by atoms with van der Waals surface area (Å²) in [7, 11) is 2.61. The van der Waals surface area contributed by atoms with Gasteiger partial charge in [0, 0.05) is 37.1 Å². The molecule has 0 aliphatic carbocycles. The number of benzene rings is 4. The fraction of sp³-hybridized carbons (Fsp3) is 0.0625. The highest BCUT2D eigenvalue weighted by Crippen LogP contribution is 2.27. The van der Waals surface area contributed by atoms with Crippen LogP contribution in [0, 0.1) is 11.3 Å². The predicted molar refractivity (Wildman–Crippen MR) is 181 cm³/mol. The molecule has 2 N–H and O–H groups in total. The van der Waals surface area contributed by atoms with Crippen LogP contribution in [0.1, 0.15) is 36.9 Å². The number of nitriles is 1. The standard InChI is InChI=1S/C16H10BrN3O2.C16H11BrN2O3.ClH2NO/c1-22-16(21)15-13-7-10(9-18)5-6-14(13)20(19-15)12-4-2-3-11(17)8-12;1-22-16(21)15-13-7-10(9-20)5-6-14(13)19(18-15)12-4-2-3-11(17)8-12;1-2-3/h2-8H,1H3;2-9H,1H3;2-3H. The molecular formula is C32H23Br2ClN6O6. The van der Waals surface area contributed by atoms with Gasteiger partial charge >= 0.3 is 11.9 Å². The summed E-state index contributed by atoms with van der Waals surface area (Å²) in [4.78, 5) is 36.1. The minimum absolute atomic E-state index is 0.182. The lowest BCUT2D eigenvalue weighted by molar-refractivity contribution is 0.0587. The molecule has 0 saturated carbocycles. The molecule has 2 heterocycles. The van der Waals surface area contributed by atoms with Gasteiger partial charge in [-0.3, -0.25) is 4.79 Å². The van der Waals surface area contributed by atoms with E-state index in [2.05, 4.69) is 59.9 Å². The van der Waals surface area contributed by atoms with Gasteiger partial charge in [0.1, 0.15) is 6.29 Å². The Balaban J connectivity index is 0.000000197. The van der Waals surface area contributed by atoms with Crippen molar-refractivity contribution in [3.63, 3.8) is 0 Å². The smallest absolute Gasteiger partial charge is 0.359 e. The molecule has 0 fully saturated rings. The zero-order valence-electron chi connectivity index (χ0n) is 24.5. The van der Waals surface area contributed by atoms with Crippen LogP contribution in [0.3, 0.4) is 0 Å². The largest absolute Gasteiger partial charge is 0.464 e. The van der Waals surface area contributed by atoms with Gasteiger partial charge in [0.2, 0.25) is 0 Å². The SMILES string of the molecule is COC(=O)c1nn(-c2cccc(Br)c2)c2ccc(C#N)cc12.COC(=O)c1nn(-c2cccc(Br)c2)c2ccc(C=O)cc12.ONCl. The second kappa shape index (κ2) is 16.1. The van der Waals surface area contributed by atoms with Gasteiger partial charge in [-0.05, 0) is 72.8 Å². The van der Waals surface area contributed by atoms with E-state index in [1.54, 1.807) is 45.8 Å². The summed E-state index contributed by atoms with van der Waals surface area (Å²) in [5, 5.41) is 26.0. The van der Waals surface area contributed by atoms with E-state index in [-0.39, 0.29) is 11.4 Å². The van der Waals surface area contributed by atoms with E-state index in [1.165, 1.54) is 19.2 Å². The lowest BCUT2D eigenvalue weighted by Crippen LogP contribution is -2.04. The van der Waals surface area contributed by atoms with E-state index in [0.29, 0.717) is 21.9 Å². The molecule has 0 aliphatic rings. The molecule has 0 unspecified atom stereocenters. The van der Waals surface area contributed by atoms with Gasteiger partial charge in [-0.1, -0.05) is 44.0 Å². The highest BCUT2D eigenvalue weighted by molar-refractivity contribution is 9.10. The Morgan fingerprint density at radius 1 is 0.830 bits per heavy atom. The van der Waals surface area contributed by atoms with E-state index >= 15 is 0 Å². The number of nitrogens with zero attached hydrogens (tertiary/aromatic N) is 5. The van der Waals surface area contributed by atoms with Crippen LogP contribution in [0.25, 0.3) is 33.2 Å². The molecule has 6 rings (SSSR count). The number of carbonyl (C=O) groups is 3. The van der Waals surface area contributed by atoms with E-state index in [4.69, 9.17) is 19.9 Å². The van der Waals surface area contributed by atoms with E-state index in [0.717, 1.165) is 37.6 Å². The summed E-state index contributed by atoms with van der Waals surface area (Å²) in [6, 6.07) is 27.4. The first-order chi connectivity index (χ1) is 22.7. The first-order valence-corrected chi connectivity index (χ1v) is 15.2. The molecule has 12 nitrogen and oxygen atoms in total. The van der Waals surface area contributed by atoms with Crippen LogP contribution in [-0.2, 0) is 9.47 Å². The van der Waals surface area contributed by atoms with E-state index < -0.39 is 11.9 Å². The molecule has 0 spiro atoms. The third-order valence-corrected chi connectivity index (χ3v) is 7.50. The highest BCUT2D eigenvalue weighted by atomic mass is 79.9. The van der Waals surface area contributed by atoms with Gasteiger partial charge in [0.05, 0.1) is 48.3 Å². The van der Waals surface area contributed by atoms with Crippen LogP contribution in [0.2, 0.25) is 0 Å². The monoisotopic (exact) mass is 780 g/mol. The van der Waals surface area contributed by atoms with Gasteiger partial charge in [-0.2, -0.15) is 15.5 Å². The fourth-order valence-corrected chi connectivity index (χ4v) is 5.28. The lowest BCUT2D eigenvalue weighted by Gasteiger charge is -2.03. The van der Waals surface area contributed by atoms with Crippen molar-refractivity contribution in [1.82, 2.24) is 24.6 Å². The number of ether oxygens (including phenoxy) is 2. The first kappa shape index (κ1) is 35.0. The van der Waals surface area contributed by atoms with Gasteiger partial charge in [0.15, 0.2) is 11.4 Å². The second-order valence-corrected chi connectivity index (χ2v) is 11.3. The normalized spacial score (nSPS) is 10.2. The van der Waals surface area contributed by atoms with Crippen molar-refractivity contribution in [2.75, 3.05) is 14.2 Å². The van der Waals surface area contributed by atoms with Crippen molar-refractivity contribution in [3.05, 3.63) is 116 Å². The maximum atomic E-state index is 11.9. The average molecular weight is 783 g/mol. The number of hydrogen-bond donors (Lipinski definition) is 2. The molecule has 6 aromatic rings. The molecule has 0 radical (unpaired) electrons. The van der Waals surface area contributed by atoms with Crippen LogP contribution < -0.4 is 5.00 Å². The van der Waals surface area contributed by atoms with Crippen molar-refractivity contribution in [1.29, 1.82) is 5.26 Å². The number of carbonyl (C=O) groups excluding carboxylic acids is 3. The van der Waals surface area contributed by atoms with Crippen LogP contribution >= 0.6 is 43.6 Å². The number of halogens is 3. The zero-order chi connectivity index (χ0) is 34.1. The number of aromatic nitrogens is 4. The lowest BCUT2D eigenvalue weighted by atomic mass is 10.1. The van der Waals surface area contributed by atoms with Crippen LogP contribution in [-0.4, -0.2) is 57.2 Å². The van der Waals surface area contributed by atoms with Crippen LogP contribution in [0.5, 0.6) is 0 Å². The Labute approximate surface area is 289 Å². The number of nitrogens with one attached hydrogen (secondary N) is 1. The number of esters is 2. The number of hydrogen-bond acceptors (Lipinski definition) is 10. The van der Waals surface area contributed by atoms with Gasteiger partial charge in [-0.25, -0.2) is 19.0 Å². The van der Waals surface area contributed by atoms with Crippen molar-refractivity contribution < 1.29 is 29.1 Å². The van der Waals surface area contributed by atoms with Gasteiger partial charge < -0.3 is 14.7 Å². The Kier molecular flexibility index (Phi) is 12.0. The molecule has 0 saturated heterocycles. The van der Waals surface area contributed by atoms with Crippen molar-refractivity contribution >= 4 is 83.7 Å². The molecule has 15 heteroatoms. The summed E-state index contributed by atoms with van der Waals surface area (Å²) in [6.45, 7) is 0. The number of methoxy groups -OCH3 is 2. The summed E-state index contributed by atoms with van der Waals surface area (Å²) >= 11 is 11.1. The summed E-state index contributed by atoms with van der Waals surface area (Å²) in [5.41, 5.74) is 4.38. The molecule has 0 atom stereocenters. The minimum atomic E-state index is -0.540. The molecule has 0 aliphatic heterocycles. The third kappa shape index (κ3) is 7.91. The molecule has 238 valence electrons. The molecule has 0 bridgehead atoms. The molecular weight excluding hydrogens is 760 g/mol. The Morgan fingerprint density at radius 2 is 1.30 bits per heavy atom. The minimum Gasteiger partial charge on any atom is -0.464 e. The first-order valence-electron chi connectivity index (χ1n) is 13.3. The van der Waals surface area contributed by atoms with Crippen molar-refractivity contribution in [3.8, 4) is 17.4 Å². The summed E-state index contributed by atoms with van der Waals surface area (Å²) < 4.78 is 14.7. The summed E-state index contributed by atoms with van der Waals surface area (Å²) in [5.74, 6) is -1.07. The zero-order valence-corrected chi connectivity index (χ0v) is 28.4. The Hall–Kier alpha value is -4.91. The Bertz CT molecular complexity index is 2140. The number of aldehydes is 1. The van der Waals surface area contributed by atoms with E-state index in [9.17, 15) is 14.4 Å². The molecule has 4 aromatic carbocycles.